The summed E-state index contributed by atoms with van der Waals surface area (Å²) in [6.45, 7) is 0.703. The number of nitrogen functional groups attached to an aromatic ring is 1. The van der Waals surface area contributed by atoms with E-state index in [0.717, 1.165) is 0 Å². The Bertz CT molecular complexity index is 1190. The fourth-order valence-electron chi connectivity index (χ4n) is 3.62. The molecule has 162 valence electrons. The number of hydrogen-bond donors (Lipinski definition) is 3. The molecule has 1 aliphatic heterocycles. The minimum Gasteiger partial charge on any atom is -0.395 e. The summed E-state index contributed by atoms with van der Waals surface area (Å²) in [5.74, 6) is -0.218. The molecule has 0 spiro atoms. The number of benzene rings is 2. The zero-order chi connectivity index (χ0) is 22.0. The van der Waals surface area contributed by atoms with Gasteiger partial charge in [-0.05, 0) is 23.8 Å². The molecule has 2 heterocycles. The topological polar surface area (TPSA) is 121 Å². The van der Waals surface area contributed by atoms with Crippen molar-refractivity contribution in [2.75, 3.05) is 32.0 Å². The molecule has 0 aliphatic carbocycles. The van der Waals surface area contributed by atoms with Crippen molar-refractivity contribution in [3.05, 3.63) is 60.7 Å². The molecule has 4 N–H and O–H groups in total. The first-order valence-corrected chi connectivity index (χ1v) is 11.2. The van der Waals surface area contributed by atoms with Crippen LogP contribution in [0, 0.1) is 5.82 Å². The Kier molecular flexibility index (Phi) is 5.96. The Morgan fingerprint density at radius 3 is 2.71 bits per heavy atom. The van der Waals surface area contributed by atoms with Crippen LogP contribution in [0.2, 0.25) is 0 Å². The van der Waals surface area contributed by atoms with Crippen LogP contribution in [-0.4, -0.2) is 60.1 Å². The van der Waals surface area contributed by atoms with E-state index in [1.54, 1.807) is 18.2 Å². The lowest BCUT2D eigenvalue weighted by Gasteiger charge is -2.34. The van der Waals surface area contributed by atoms with Crippen LogP contribution in [-0.2, 0) is 10.0 Å². The maximum absolute atomic E-state index is 13.9. The maximum atomic E-state index is 13.9. The van der Waals surface area contributed by atoms with E-state index in [-0.39, 0.29) is 23.9 Å². The molecule has 31 heavy (non-hydrogen) atoms. The van der Waals surface area contributed by atoms with Crippen LogP contribution in [0.1, 0.15) is 0 Å². The number of sulfonamides is 1. The van der Waals surface area contributed by atoms with Crippen molar-refractivity contribution in [3.8, 4) is 22.4 Å². The molecule has 2 aromatic carbocycles. The van der Waals surface area contributed by atoms with Crippen LogP contribution in [0.15, 0.2) is 59.8 Å². The van der Waals surface area contributed by atoms with E-state index < -0.39 is 21.9 Å². The van der Waals surface area contributed by atoms with Crippen molar-refractivity contribution < 1.29 is 17.9 Å². The Labute approximate surface area is 179 Å². The Balaban J connectivity index is 1.89. The molecule has 1 atom stereocenters. The van der Waals surface area contributed by atoms with E-state index >= 15 is 0 Å². The lowest BCUT2D eigenvalue weighted by atomic mass is 10.0. The number of nitrogens with one attached hydrogen (secondary N) is 1. The number of aliphatic hydroxyl groups is 1. The van der Waals surface area contributed by atoms with Crippen LogP contribution in [0.5, 0.6) is 0 Å². The number of anilines is 1. The summed E-state index contributed by atoms with van der Waals surface area (Å²) in [7, 11) is -4.02. The van der Waals surface area contributed by atoms with Gasteiger partial charge in [0.2, 0.25) is 10.0 Å². The lowest BCUT2D eigenvalue weighted by Crippen LogP contribution is -2.55. The standard InChI is InChI=1S/C21H22FN5O3S/c22-16-3-1-2-14(8-16)18-5-4-15(19-11-26-21(23)12-25-19)9-20(18)31(29,30)27-7-6-24-10-17(27)13-28/h1-5,8-9,11-12,17,24,28H,6-7,10,13H2,(H2,23,26). The highest BCUT2D eigenvalue weighted by Gasteiger charge is 2.35. The van der Waals surface area contributed by atoms with Gasteiger partial charge >= 0.3 is 0 Å². The first-order valence-electron chi connectivity index (χ1n) is 9.71. The first-order chi connectivity index (χ1) is 14.9. The third-order valence-corrected chi connectivity index (χ3v) is 7.17. The number of rotatable bonds is 5. The molecule has 3 aromatic rings. The number of hydrogen-bond acceptors (Lipinski definition) is 7. The summed E-state index contributed by atoms with van der Waals surface area (Å²) in [4.78, 5) is 8.25. The molecular formula is C21H22FN5O3S. The Morgan fingerprint density at radius 2 is 2.00 bits per heavy atom. The van der Waals surface area contributed by atoms with Crippen molar-refractivity contribution in [2.45, 2.75) is 10.9 Å². The van der Waals surface area contributed by atoms with Crippen molar-refractivity contribution in [2.24, 2.45) is 0 Å². The maximum Gasteiger partial charge on any atom is 0.244 e. The predicted octanol–water partition coefficient (Wildman–Crippen LogP) is 1.49. The number of halogens is 1. The van der Waals surface area contributed by atoms with Gasteiger partial charge in [-0.3, -0.25) is 4.98 Å². The van der Waals surface area contributed by atoms with Gasteiger partial charge in [0.05, 0.1) is 35.6 Å². The summed E-state index contributed by atoms with van der Waals surface area (Å²) in [5, 5.41) is 12.8. The zero-order valence-corrected chi connectivity index (χ0v) is 17.4. The average Bonchev–Trinajstić information content (AvgIpc) is 2.79. The number of nitrogens with two attached hydrogens (primary N) is 1. The van der Waals surface area contributed by atoms with Crippen LogP contribution >= 0.6 is 0 Å². The summed E-state index contributed by atoms with van der Waals surface area (Å²) >= 11 is 0. The molecule has 0 amide bonds. The fourth-order valence-corrected chi connectivity index (χ4v) is 5.48. The lowest BCUT2D eigenvalue weighted by molar-refractivity contribution is 0.165. The number of nitrogens with zero attached hydrogens (tertiary/aromatic N) is 3. The molecule has 0 bridgehead atoms. The second-order valence-electron chi connectivity index (χ2n) is 7.20. The molecule has 1 aromatic heterocycles. The van der Waals surface area contributed by atoms with Gasteiger partial charge in [0.1, 0.15) is 11.6 Å². The van der Waals surface area contributed by atoms with Crippen LogP contribution in [0.25, 0.3) is 22.4 Å². The molecule has 1 saturated heterocycles. The summed E-state index contributed by atoms with van der Waals surface area (Å²) in [6, 6.07) is 10.0. The summed E-state index contributed by atoms with van der Waals surface area (Å²) in [6.07, 6.45) is 2.85. The third-order valence-electron chi connectivity index (χ3n) is 5.18. The first kappa shape index (κ1) is 21.3. The SMILES string of the molecule is Nc1cnc(-c2ccc(-c3cccc(F)c3)c(S(=O)(=O)N3CCNCC3CO)c2)cn1. The molecule has 0 radical (unpaired) electrons. The molecule has 4 rings (SSSR count). The highest BCUT2D eigenvalue weighted by molar-refractivity contribution is 7.89. The van der Waals surface area contributed by atoms with Gasteiger partial charge in [-0.25, -0.2) is 17.8 Å². The normalized spacial score (nSPS) is 17.5. The van der Waals surface area contributed by atoms with E-state index in [0.29, 0.717) is 35.5 Å². The van der Waals surface area contributed by atoms with Crippen LogP contribution < -0.4 is 11.1 Å². The fraction of sp³-hybridized carbons (Fsp3) is 0.238. The summed E-state index contributed by atoms with van der Waals surface area (Å²) < 4.78 is 42.6. The van der Waals surface area contributed by atoms with Gasteiger partial charge in [0, 0.05) is 30.8 Å². The number of aliphatic hydroxyl groups excluding tert-OH is 1. The molecule has 0 saturated carbocycles. The van der Waals surface area contributed by atoms with E-state index in [9.17, 15) is 17.9 Å². The third kappa shape index (κ3) is 4.28. The molecule has 10 heteroatoms. The molecular weight excluding hydrogens is 421 g/mol. The Morgan fingerprint density at radius 1 is 1.16 bits per heavy atom. The van der Waals surface area contributed by atoms with Crippen molar-refractivity contribution in [3.63, 3.8) is 0 Å². The molecule has 1 aliphatic rings. The summed E-state index contributed by atoms with van der Waals surface area (Å²) in [5.41, 5.74) is 7.39. The van der Waals surface area contributed by atoms with Gasteiger partial charge in [0.25, 0.3) is 0 Å². The van der Waals surface area contributed by atoms with Gasteiger partial charge in [0.15, 0.2) is 0 Å². The van der Waals surface area contributed by atoms with Crippen LogP contribution in [0.3, 0.4) is 0 Å². The molecule has 1 unspecified atom stereocenters. The average molecular weight is 444 g/mol. The Hall–Kier alpha value is -2.92. The number of aromatic nitrogens is 2. The minimum atomic E-state index is -4.02. The quantitative estimate of drug-likeness (QED) is 0.546. The zero-order valence-electron chi connectivity index (χ0n) is 16.6. The minimum absolute atomic E-state index is 0.00887. The molecule has 1 fully saturated rings. The van der Waals surface area contributed by atoms with Gasteiger partial charge in [-0.1, -0.05) is 24.3 Å². The van der Waals surface area contributed by atoms with E-state index in [1.807, 2.05) is 0 Å². The van der Waals surface area contributed by atoms with Crippen molar-refractivity contribution in [1.82, 2.24) is 19.6 Å². The number of piperazine rings is 1. The smallest absolute Gasteiger partial charge is 0.244 e. The van der Waals surface area contributed by atoms with E-state index in [2.05, 4.69) is 15.3 Å². The highest BCUT2D eigenvalue weighted by Crippen LogP contribution is 2.34. The largest absolute Gasteiger partial charge is 0.395 e. The predicted molar refractivity (Wildman–Crippen MR) is 115 cm³/mol. The van der Waals surface area contributed by atoms with Crippen molar-refractivity contribution >= 4 is 15.8 Å². The van der Waals surface area contributed by atoms with Gasteiger partial charge < -0.3 is 16.2 Å². The van der Waals surface area contributed by atoms with E-state index in [4.69, 9.17) is 5.73 Å². The van der Waals surface area contributed by atoms with E-state index in [1.165, 1.54) is 41.0 Å². The molecule has 8 nitrogen and oxygen atoms in total. The monoisotopic (exact) mass is 443 g/mol. The van der Waals surface area contributed by atoms with Gasteiger partial charge in [-0.2, -0.15) is 4.31 Å². The van der Waals surface area contributed by atoms with Gasteiger partial charge in [-0.15, -0.1) is 0 Å². The second-order valence-corrected chi connectivity index (χ2v) is 9.06. The second kappa shape index (κ2) is 8.67. The highest BCUT2D eigenvalue weighted by atomic mass is 32.2. The van der Waals surface area contributed by atoms with Crippen molar-refractivity contribution in [1.29, 1.82) is 0 Å². The van der Waals surface area contributed by atoms with Crippen LogP contribution in [0.4, 0.5) is 10.2 Å².